The minimum atomic E-state index is -0.475. The average molecular weight is 300 g/mol. The van der Waals surface area contributed by atoms with Crippen LogP contribution in [-0.2, 0) is 13.1 Å². The molecule has 1 aromatic heterocycles. The third-order valence-corrected chi connectivity index (χ3v) is 2.97. The van der Waals surface area contributed by atoms with E-state index in [2.05, 4.69) is 10.1 Å². The van der Waals surface area contributed by atoms with E-state index in [0.717, 1.165) is 5.56 Å². The maximum atomic E-state index is 13.7. The van der Waals surface area contributed by atoms with Crippen molar-refractivity contribution in [1.29, 1.82) is 0 Å². The number of benzene rings is 1. The largest absolute Gasteiger partial charge is 0.492 e. The van der Waals surface area contributed by atoms with Gasteiger partial charge in [0.25, 0.3) is 0 Å². The van der Waals surface area contributed by atoms with Gasteiger partial charge in [-0.05, 0) is 31.7 Å². The lowest BCUT2D eigenvalue weighted by atomic mass is 10.2. The molecule has 0 spiro atoms. The Hall–Kier alpha value is -1.66. The number of ether oxygens (including phenoxy) is 1. The van der Waals surface area contributed by atoms with Crippen LogP contribution in [0.4, 0.5) is 4.39 Å². The highest BCUT2D eigenvalue weighted by molar-refractivity contribution is 6.32. The van der Waals surface area contributed by atoms with Crippen LogP contribution in [0, 0.1) is 12.7 Å². The lowest BCUT2D eigenvalue weighted by molar-refractivity contribution is 0.260. The Morgan fingerprint density at radius 2 is 2.15 bits per heavy atom. The predicted molar refractivity (Wildman–Crippen MR) is 72.2 cm³/mol. The van der Waals surface area contributed by atoms with E-state index in [0.29, 0.717) is 24.8 Å². The molecular formula is C13H15ClFN3O2. The van der Waals surface area contributed by atoms with Gasteiger partial charge in [0.2, 0.25) is 5.89 Å². The molecule has 1 aromatic carbocycles. The molecule has 0 unspecified atom stereocenters. The third kappa shape index (κ3) is 3.46. The van der Waals surface area contributed by atoms with Gasteiger partial charge in [0, 0.05) is 6.54 Å². The molecule has 0 amide bonds. The molecule has 5 nitrogen and oxygen atoms in total. The highest BCUT2D eigenvalue weighted by Crippen LogP contribution is 2.29. The van der Waals surface area contributed by atoms with E-state index in [9.17, 15) is 4.39 Å². The molecule has 1 heterocycles. The maximum Gasteiger partial charge on any atom is 0.240 e. The maximum absolute atomic E-state index is 13.7. The number of hydrogen-bond acceptors (Lipinski definition) is 5. The van der Waals surface area contributed by atoms with E-state index in [1.165, 1.54) is 13.2 Å². The van der Waals surface area contributed by atoms with Crippen LogP contribution in [-0.4, -0.2) is 29.2 Å². The van der Waals surface area contributed by atoms with Crippen LogP contribution in [0.5, 0.6) is 5.75 Å². The van der Waals surface area contributed by atoms with Crippen molar-refractivity contribution in [2.24, 2.45) is 0 Å². The van der Waals surface area contributed by atoms with Gasteiger partial charge in [0.1, 0.15) is 0 Å². The van der Waals surface area contributed by atoms with Gasteiger partial charge in [-0.3, -0.25) is 4.90 Å². The molecule has 0 atom stereocenters. The van der Waals surface area contributed by atoms with Crippen molar-refractivity contribution < 1.29 is 13.7 Å². The van der Waals surface area contributed by atoms with Gasteiger partial charge in [-0.1, -0.05) is 16.8 Å². The Kier molecular flexibility index (Phi) is 4.57. The number of hydrogen-bond donors (Lipinski definition) is 0. The van der Waals surface area contributed by atoms with E-state index in [-0.39, 0.29) is 10.8 Å². The molecule has 0 radical (unpaired) electrons. The second kappa shape index (κ2) is 6.19. The topological polar surface area (TPSA) is 51.4 Å². The fourth-order valence-corrected chi connectivity index (χ4v) is 2.21. The highest BCUT2D eigenvalue weighted by atomic mass is 35.5. The monoisotopic (exact) mass is 299 g/mol. The van der Waals surface area contributed by atoms with Gasteiger partial charge in [-0.15, -0.1) is 0 Å². The summed E-state index contributed by atoms with van der Waals surface area (Å²) in [5.41, 5.74) is 0.743. The Morgan fingerprint density at radius 3 is 2.70 bits per heavy atom. The van der Waals surface area contributed by atoms with Crippen molar-refractivity contribution in [3.05, 3.63) is 40.3 Å². The second-order valence-corrected chi connectivity index (χ2v) is 4.91. The van der Waals surface area contributed by atoms with Crippen LogP contribution in [0.1, 0.15) is 17.3 Å². The molecule has 108 valence electrons. The summed E-state index contributed by atoms with van der Waals surface area (Å²) in [4.78, 5) is 6.04. The van der Waals surface area contributed by atoms with E-state index in [1.54, 1.807) is 13.0 Å². The fraction of sp³-hybridized carbons (Fsp3) is 0.385. The standard InChI is InChI=1S/C13H15ClFN3O2/c1-8-16-12(20-17-8)7-18(2)6-9-4-10(14)13(19-3)11(15)5-9/h4-5H,6-7H2,1-3H3. The first-order chi connectivity index (χ1) is 9.49. The molecule has 0 saturated heterocycles. The number of aryl methyl sites for hydroxylation is 1. The van der Waals surface area contributed by atoms with Crippen LogP contribution in [0.15, 0.2) is 16.7 Å². The van der Waals surface area contributed by atoms with Crippen molar-refractivity contribution in [1.82, 2.24) is 15.0 Å². The number of rotatable bonds is 5. The van der Waals surface area contributed by atoms with Gasteiger partial charge in [-0.25, -0.2) is 4.39 Å². The minimum absolute atomic E-state index is 0.0607. The van der Waals surface area contributed by atoms with Crippen molar-refractivity contribution in [2.45, 2.75) is 20.0 Å². The molecule has 0 aliphatic rings. The Bertz CT molecular complexity index is 580. The molecule has 2 rings (SSSR count). The van der Waals surface area contributed by atoms with Crippen LogP contribution in [0.25, 0.3) is 0 Å². The zero-order chi connectivity index (χ0) is 14.7. The molecule has 0 bridgehead atoms. The summed E-state index contributed by atoms with van der Waals surface area (Å²) >= 11 is 5.96. The molecule has 0 fully saturated rings. The zero-order valence-corrected chi connectivity index (χ0v) is 12.2. The first-order valence-electron chi connectivity index (χ1n) is 5.99. The molecule has 7 heteroatoms. The summed E-state index contributed by atoms with van der Waals surface area (Å²) in [6.07, 6.45) is 0. The van der Waals surface area contributed by atoms with Gasteiger partial charge < -0.3 is 9.26 Å². The number of nitrogens with zero attached hydrogens (tertiary/aromatic N) is 3. The SMILES string of the molecule is COc1c(F)cc(CN(C)Cc2nc(C)no2)cc1Cl. The van der Waals surface area contributed by atoms with Crippen molar-refractivity contribution in [3.63, 3.8) is 0 Å². The van der Waals surface area contributed by atoms with Gasteiger partial charge in [0.15, 0.2) is 17.4 Å². The zero-order valence-electron chi connectivity index (χ0n) is 11.5. The van der Waals surface area contributed by atoms with Crippen molar-refractivity contribution >= 4 is 11.6 Å². The minimum Gasteiger partial charge on any atom is -0.492 e. The molecule has 0 saturated carbocycles. The predicted octanol–water partition coefficient (Wildman–Crippen LogP) is 2.81. The van der Waals surface area contributed by atoms with Crippen LogP contribution in [0.3, 0.4) is 0 Å². The highest BCUT2D eigenvalue weighted by Gasteiger charge is 2.12. The first-order valence-corrected chi connectivity index (χ1v) is 6.37. The molecule has 2 aromatic rings. The molecule has 0 N–H and O–H groups in total. The summed E-state index contributed by atoms with van der Waals surface area (Å²) in [6, 6.07) is 3.08. The van der Waals surface area contributed by atoms with Crippen LogP contribution >= 0.6 is 11.6 Å². The van der Waals surface area contributed by atoms with Crippen LogP contribution in [0.2, 0.25) is 5.02 Å². The summed E-state index contributed by atoms with van der Waals surface area (Å²) in [6.45, 7) is 2.74. The quantitative estimate of drug-likeness (QED) is 0.850. The van der Waals surface area contributed by atoms with Crippen LogP contribution < -0.4 is 4.74 Å². The van der Waals surface area contributed by atoms with Gasteiger partial charge in [0.05, 0.1) is 18.7 Å². The fourth-order valence-electron chi connectivity index (χ4n) is 1.90. The average Bonchev–Trinajstić information content (AvgIpc) is 2.74. The summed E-state index contributed by atoms with van der Waals surface area (Å²) < 4.78 is 23.6. The summed E-state index contributed by atoms with van der Waals surface area (Å²) in [5.74, 6) is 0.694. The van der Waals surface area contributed by atoms with Gasteiger partial charge >= 0.3 is 0 Å². The lowest BCUT2D eigenvalue weighted by Crippen LogP contribution is -2.17. The van der Waals surface area contributed by atoms with Gasteiger partial charge in [-0.2, -0.15) is 4.98 Å². The number of halogens is 2. The van der Waals surface area contributed by atoms with E-state index < -0.39 is 5.82 Å². The normalized spacial score (nSPS) is 11.1. The molecular weight excluding hydrogens is 285 g/mol. The lowest BCUT2D eigenvalue weighted by Gasteiger charge is -2.15. The first kappa shape index (κ1) is 14.7. The van der Waals surface area contributed by atoms with Crippen molar-refractivity contribution in [2.75, 3.05) is 14.2 Å². The van der Waals surface area contributed by atoms with Crippen molar-refractivity contribution in [3.8, 4) is 5.75 Å². The second-order valence-electron chi connectivity index (χ2n) is 4.50. The van der Waals surface area contributed by atoms with E-state index in [4.69, 9.17) is 20.9 Å². The Balaban J connectivity index is 2.06. The molecule has 0 aliphatic heterocycles. The summed E-state index contributed by atoms with van der Waals surface area (Å²) in [5, 5.41) is 3.97. The molecule has 20 heavy (non-hydrogen) atoms. The Morgan fingerprint density at radius 1 is 1.40 bits per heavy atom. The summed E-state index contributed by atoms with van der Waals surface area (Å²) in [7, 11) is 3.25. The third-order valence-electron chi connectivity index (χ3n) is 2.69. The number of aromatic nitrogens is 2. The van der Waals surface area contributed by atoms with E-state index >= 15 is 0 Å². The smallest absolute Gasteiger partial charge is 0.240 e. The van der Waals surface area contributed by atoms with E-state index in [1.807, 2.05) is 11.9 Å². The number of methoxy groups -OCH3 is 1. The molecule has 0 aliphatic carbocycles. The Labute approximate surface area is 121 Å².